The Kier molecular flexibility index (Phi) is 3.87. The Morgan fingerprint density at radius 2 is 1.68 bits per heavy atom. The average molecular weight is 345 g/mol. The van der Waals surface area contributed by atoms with Gasteiger partial charge in [0.2, 0.25) is 0 Å². The molecule has 0 aromatic rings. The molecule has 0 spiro atoms. The lowest BCUT2D eigenvalue weighted by molar-refractivity contribution is -0.138. The zero-order chi connectivity index (χ0) is 18.2. The lowest BCUT2D eigenvalue weighted by Crippen LogP contribution is -2.53. The van der Waals surface area contributed by atoms with E-state index in [0.29, 0.717) is 17.1 Å². The highest BCUT2D eigenvalue weighted by atomic mass is 16.3. The van der Waals surface area contributed by atoms with Crippen LogP contribution in [0.25, 0.3) is 0 Å². The van der Waals surface area contributed by atoms with E-state index in [1.807, 2.05) is 6.92 Å². The second kappa shape index (κ2) is 5.44. The van der Waals surface area contributed by atoms with Crippen molar-refractivity contribution in [3.63, 3.8) is 0 Å². The topological polar surface area (TPSA) is 37.3 Å². The van der Waals surface area contributed by atoms with E-state index < -0.39 is 0 Å². The number of rotatable bonds is 1. The number of aliphatic hydroxyl groups excluding tert-OH is 1. The van der Waals surface area contributed by atoms with Gasteiger partial charge in [-0.15, -0.1) is 0 Å². The lowest BCUT2D eigenvalue weighted by Gasteiger charge is -2.60. The first-order chi connectivity index (χ1) is 11.6. The normalized spacial score (nSPS) is 52.4. The van der Waals surface area contributed by atoms with E-state index in [1.165, 1.54) is 25.7 Å². The van der Waals surface area contributed by atoms with E-state index in [0.717, 1.165) is 37.5 Å². The minimum atomic E-state index is -0.129. The maximum atomic E-state index is 12.5. The molecule has 0 heterocycles. The molecule has 1 N–H and O–H groups in total. The van der Waals surface area contributed by atoms with Crippen LogP contribution in [0.3, 0.4) is 0 Å². The molecule has 2 heteroatoms. The van der Waals surface area contributed by atoms with Gasteiger partial charge in [0.25, 0.3) is 0 Å². The van der Waals surface area contributed by atoms with Gasteiger partial charge in [-0.05, 0) is 93.8 Å². The minimum absolute atomic E-state index is 0.121. The van der Waals surface area contributed by atoms with Gasteiger partial charge in [-0.2, -0.15) is 0 Å². The van der Waals surface area contributed by atoms with Crippen molar-refractivity contribution in [2.75, 3.05) is 0 Å². The number of aliphatic hydroxyl groups is 1. The maximum absolute atomic E-state index is 12.5. The van der Waals surface area contributed by atoms with Gasteiger partial charge in [0.05, 0.1) is 6.10 Å². The molecule has 3 fully saturated rings. The number of allylic oxidation sites excluding steroid dienone is 1. The minimum Gasteiger partial charge on any atom is -0.393 e. The summed E-state index contributed by atoms with van der Waals surface area (Å²) >= 11 is 0. The summed E-state index contributed by atoms with van der Waals surface area (Å²) in [5.74, 6) is 2.60. The molecule has 140 valence electrons. The molecule has 4 rings (SSSR count). The van der Waals surface area contributed by atoms with Crippen molar-refractivity contribution in [2.45, 2.75) is 92.1 Å². The van der Waals surface area contributed by atoms with Crippen molar-refractivity contribution in [1.29, 1.82) is 0 Å². The number of Topliss-reactive ketones (excluding diaryl/α,β-unsaturated/α-hetero) is 1. The van der Waals surface area contributed by atoms with Crippen LogP contribution in [0.4, 0.5) is 0 Å². The number of ketones is 1. The van der Waals surface area contributed by atoms with Gasteiger partial charge in [-0.3, -0.25) is 4.79 Å². The van der Waals surface area contributed by atoms with Crippen LogP contribution in [-0.4, -0.2) is 17.0 Å². The van der Waals surface area contributed by atoms with Gasteiger partial charge in [-0.1, -0.05) is 31.9 Å². The third-order valence-corrected chi connectivity index (χ3v) is 9.82. The SMILES string of the molecule is CC(=O)[C@@]1(C)CC[C@H]2[C@@H]3CC(C)=C4C[C@@H](O)CC[C@]4(C)[C@H]3CC[C@@]21C. The molecule has 0 aromatic carbocycles. The van der Waals surface area contributed by atoms with Crippen LogP contribution in [0.2, 0.25) is 0 Å². The molecule has 2 nitrogen and oxygen atoms in total. The first kappa shape index (κ1) is 17.8. The highest BCUT2D eigenvalue weighted by molar-refractivity contribution is 5.83. The van der Waals surface area contributed by atoms with E-state index in [1.54, 1.807) is 11.1 Å². The van der Waals surface area contributed by atoms with Crippen LogP contribution < -0.4 is 0 Å². The van der Waals surface area contributed by atoms with Crippen LogP contribution in [0.1, 0.15) is 86.0 Å². The zero-order valence-electron chi connectivity index (χ0n) is 16.8. The maximum Gasteiger partial charge on any atom is 0.136 e. The standard InChI is InChI=1S/C23H36O2/c1-14-12-17-18(21(3)9-6-16(25)13-20(14)21)7-11-23(5)19(17)8-10-22(23,4)15(2)24/h16-19,25H,6-13H2,1-5H3/t16-,17+,18-,19-,21+,22+,23-/m0/s1. The molecule has 0 aromatic heterocycles. The van der Waals surface area contributed by atoms with Crippen LogP contribution in [0.15, 0.2) is 11.1 Å². The summed E-state index contributed by atoms with van der Waals surface area (Å²) < 4.78 is 0. The van der Waals surface area contributed by atoms with Crippen molar-refractivity contribution in [2.24, 2.45) is 34.0 Å². The fourth-order valence-electron chi connectivity index (χ4n) is 7.94. The summed E-state index contributed by atoms with van der Waals surface area (Å²) in [5, 5.41) is 10.2. The van der Waals surface area contributed by atoms with Gasteiger partial charge in [-0.25, -0.2) is 0 Å². The average Bonchev–Trinajstić information content (AvgIpc) is 2.83. The number of carbonyl (C=O) groups is 1. The Morgan fingerprint density at radius 3 is 2.36 bits per heavy atom. The number of hydrogen-bond acceptors (Lipinski definition) is 2. The summed E-state index contributed by atoms with van der Waals surface area (Å²) in [6, 6.07) is 0. The molecule has 3 saturated carbocycles. The highest BCUT2D eigenvalue weighted by Gasteiger charge is 2.64. The number of carbonyl (C=O) groups excluding carboxylic acids is 1. The number of hydrogen-bond donors (Lipinski definition) is 1. The van der Waals surface area contributed by atoms with Crippen molar-refractivity contribution in [3.05, 3.63) is 11.1 Å². The van der Waals surface area contributed by atoms with Gasteiger partial charge < -0.3 is 5.11 Å². The molecule has 0 aliphatic heterocycles. The van der Waals surface area contributed by atoms with Gasteiger partial charge >= 0.3 is 0 Å². The highest BCUT2D eigenvalue weighted by Crippen LogP contribution is 2.70. The van der Waals surface area contributed by atoms with E-state index in [2.05, 4.69) is 27.7 Å². The predicted molar refractivity (Wildman–Crippen MR) is 101 cm³/mol. The third kappa shape index (κ3) is 2.16. The molecule has 0 bridgehead atoms. The summed E-state index contributed by atoms with van der Waals surface area (Å²) in [6.07, 6.45) is 8.88. The molecule has 7 atom stereocenters. The Morgan fingerprint density at radius 1 is 1.00 bits per heavy atom. The fourth-order valence-corrected chi connectivity index (χ4v) is 7.94. The molecule has 4 aliphatic rings. The molecule has 0 saturated heterocycles. The Labute approximate surface area is 153 Å². The first-order valence-electron chi connectivity index (χ1n) is 10.5. The van der Waals surface area contributed by atoms with E-state index >= 15 is 0 Å². The summed E-state index contributed by atoms with van der Waals surface area (Å²) in [4.78, 5) is 12.5. The first-order valence-corrected chi connectivity index (χ1v) is 10.5. The number of fused-ring (bicyclic) bond motifs is 5. The van der Waals surface area contributed by atoms with Crippen LogP contribution >= 0.6 is 0 Å². The van der Waals surface area contributed by atoms with Crippen LogP contribution in [0, 0.1) is 34.0 Å². The molecule has 0 unspecified atom stereocenters. The fraction of sp³-hybridized carbons (Fsp3) is 0.870. The Hall–Kier alpha value is -0.630. The smallest absolute Gasteiger partial charge is 0.136 e. The van der Waals surface area contributed by atoms with E-state index in [-0.39, 0.29) is 16.9 Å². The van der Waals surface area contributed by atoms with Crippen molar-refractivity contribution in [1.82, 2.24) is 0 Å². The van der Waals surface area contributed by atoms with Crippen LogP contribution in [0.5, 0.6) is 0 Å². The van der Waals surface area contributed by atoms with Gasteiger partial charge in [0.15, 0.2) is 0 Å². The Balaban J connectivity index is 1.73. The van der Waals surface area contributed by atoms with Gasteiger partial charge in [0.1, 0.15) is 5.78 Å². The third-order valence-electron chi connectivity index (χ3n) is 9.82. The van der Waals surface area contributed by atoms with Crippen LogP contribution in [-0.2, 0) is 4.79 Å². The summed E-state index contributed by atoms with van der Waals surface area (Å²) in [6.45, 7) is 11.3. The van der Waals surface area contributed by atoms with Gasteiger partial charge in [0, 0.05) is 5.41 Å². The Bertz CT molecular complexity index is 634. The molecular weight excluding hydrogens is 308 g/mol. The monoisotopic (exact) mass is 344 g/mol. The predicted octanol–water partition coefficient (Wildman–Crippen LogP) is 5.30. The molecular formula is C23H36O2. The summed E-state index contributed by atoms with van der Waals surface area (Å²) in [5.41, 5.74) is 3.50. The quantitative estimate of drug-likeness (QED) is 0.656. The van der Waals surface area contributed by atoms with Crippen molar-refractivity contribution in [3.8, 4) is 0 Å². The lowest BCUT2D eigenvalue weighted by atomic mass is 9.45. The largest absolute Gasteiger partial charge is 0.393 e. The molecule has 0 amide bonds. The molecule has 0 radical (unpaired) electrons. The van der Waals surface area contributed by atoms with Crippen molar-refractivity contribution >= 4 is 5.78 Å². The summed E-state index contributed by atoms with van der Waals surface area (Å²) in [7, 11) is 0. The second-order valence-corrected chi connectivity index (χ2v) is 10.5. The van der Waals surface area contributed by atoms with Crippen molar-refractivity contribution < 1.29 is 9.90 Å². The molecule has 4 aliphatic carbocycles. The molecule has 25 heavy (non-hydrogen) atoms. The zero-order valence-corrected chi connectivity index (χ0v) is 16.8. The van der Waals surface area contributed by atoms with E-state index in [4.69, 9.17) is 0 Å². The second-order valence-electron chi connectivity index (χ2n) is 10.5. The van der Waals surface area contributed by atoms with E-state index in [9.17, 15) is 9.90 Å².